The van der Waals surface area contributed by atoms with Crippen LogP contribution in [-0.4, -0.2) is 63.7 Å². The molecule has 0 saturated carbocycles. The fourth-order valence-electron chi connectivity index (χ4n) is 5.69. The molecule has 5 aromatic rings. The number of rotatable bonds is 11. The van der Waals surface area contributed by atoms with Gasteiger partial charge in [-0.3, -0.25) is 9.59 Å². The van der Waals surface area contributed by atoms with Crippen LogP contribution in [0.5, 0.6) is 0 Å². The van der Waals surface area contributed by atoms with Crippen molar-refractivity contribution in [2.24, 2.45) is 0 Å². The molecular formula is C35H32N4O5S. The number of aromatic nitrogens is 3. The fraction of sp³-hybridized carbons (Fsp3) is 0.229. The molecule has 1 aromatic heterocycles. The van der Waals surface area contributed by atoms with Crippen molar-refractivity contribution in [3.8, 4) is 11.1 Å². The van der Waals surface area contributed by atoms with Gasteiger partial charge in [-0.15, -0.1) is 5.10 Å². The summed E-state index contributed by atoms with van der Waals surface area (Å²) in [5, 5.41) is 11.0. The molecule has 9 nitrogen and oxygen atoms in total. The van der Waals surface area contributed by atoms with Crippen molar-refractivity contribution in [3.63, 3.8) is 0 Å². The third-order valence-electron chi connectivity index (χ3n) is 7.91. The van der Waals surface area contributed by atoms with Gasteiger partial charge in [0, 0.05) is 12.3 Å². The summed E-state index contributed by atoms with van der Waals surface area (Å²) in [5.74, 6) is -0.570. The van der Waals surface area contributed by atoms with E-state index in [2.05, 4.69) is 27.8 Å². The molecule has 10 heteroatoms. The smallest absolute Gasteiger partial charge is 0.433 e. The number of carbonyl (C=O) groups is 3. The number of nitrogens with zero attached hydrogens (tertiary/aromatic N) is 3. The molecule has 0 bridgehead atoms. The van der Waals surface area contributed by atoms with Gasteiger partial charge < -0.3 is 14.8 Å². The molecule has 0 aliphatic heterocycles. The molecule has 1 N–H and O–H groups in total. The number of nitrogens with one attached hydrogen (secondary N) is 1. The highest BCUT2D eigenvalue weighted by molar-refractivity contribution is 7.98. The molecule has 2 atom stereocenters. The van der Waals surface area contributed by atoms with Gasteiger partial charge in [0.1, 0.15) is 18.2 Å². The molecule has 1 heterocycles. The molecule has 4 aromatic carbocycles. The van der Waals surface area contributed by atoms with Crippen LogP contribution >= 0.6 is 11.8 Å². The Labute approximate surface area is 264 Å². The van der Waals surface area contributed by atoms with Crippen molar-refractivity contribution in [2.75, 3.05) is 18.6 Å². The van der Waals surface area contributed by atoms with E-state index in [0.717, 1.165) is 27.8 Å². The van der Waals surface area contributed by atoms with E-state index < -0.39 is 30.1 Å². The van der Waals surface area contributed by atoms with Crippen molar-refractivity contribution < 1.29 is 23.9 Å². The summed E-state index contributed by atoms with van der Waals surface area (Å²) in [7, 11) is 0. The Hall–Kier alpha value is -4.96. The lowest BCUT2D eigenvalue weighted by atomic mass is 9.98. The minimum atomic E-state index is -1.24. The monoisotopic (exact) mass is 620 g/mol. The van der Waals surface area contributed by atoms with Gasteiger partial charge in [0.05, 0.1) is 5.52 Å². The first-order valence-electron chi connectivity index (χ1n) is 14.7. The van der Waals surface area contributed by atoms with Crippen LogP contribution in [0.15, 0.2) is 103 Å². The van der Waals surface area contributed by atoms with Gasteiger partial charge in [0.25, 0.3) is 11.8 Å². The Bertz CT molecular complexity index is 1780. The standard InChI is InChI=1S/C35H32N4O5S/c1-45-20-19-30(34(41)39-31-18-10-9-17-29(31)37-38-39)36-33(40)32(21-23-11-3-2-4-12-23)44-35(42)43-22-28-26-15-7-5-13-24(26)25-14-6-8-16-27(25)28/h2-18,28,30,32H,19-22H2,1H3,(H,36,40)/t30-,32-/m0/s1. The van der Waals surface area contributed by atoms with Gasteiger partial charge in [-0.1, -0.05) is 96.2 Å². The van der Waals surface area contributed by atoms with Gasteiger partial charge in [-0.25, -0.2) is 4.79 Å². The number of fused-ring (bicyclic) bond motifs is 4. The normalized spacial score (nSPS) is 13.4. The second-order valence-corrected chi connectivity index (χ2v) is 11.7. The molecule has 6 rings (SSSR count). The van der Waals surface area contributed by atoms with Crippen LogP contribution in [0.1, 0.15) is 33.8 Å². The van der Waals surface area contributed by atoms with Gasteiger partial charge in [0.15, 0.2) is 6.10 Å². The van der Waals surface area contributed by atoms with E-state index in [1.165, 1.54) is 4.68 Å². The van der Waals surface area contributed by atoms with Crippen LogP contribution in [0.4, 0.5) is 4.79 Å². The zero-order valence-electron chi connectivity index (χ0n) is 24.7. The van der Waals surface area contributed by atoms with E-state index >= 15 is 0 Å². The molecule has 45 heavy (non-hydrogen) atoms. The predicted octanol–water partition coefficient (Wildman–Crippen LogP) is 5.89. The number of hydrogen-bond acceptors (Lipinski definition) is 8. The van der Waals surface area contributed by atoms with Crippen molar-refractivity contribution in [1.29, 1.82) is 0 Å². The van der Waals surface area contributed by atoms with Crippen LogP contribution in [0.25, 0.3) is 22.2 Å². The quantitative estimate of drug-likeness (QED) is 0.182. The fourth-order valence-corrected chi connectivity index (χ4v) is 6.17. The van der Waals surface area contributed by atoms with E-state index in [0.29, 0.717) is 23.2 Å². The van der Waals surface area contributed by atoms with E-state index in [9.17, 15) is 14.4 Å². The largest absolute Gasteiger partial charge is 0.509 e. The van der Waals surface area contributed by atoms with Gasteiger partial charge >= 0.3 is 6.16 Å². The third kappa shape index (κ3) is 6.61. The first-order chi connectivity index (χ1) is 22.0. The molecule has 0 unspecified atom stereocenters. The first kappa shape index (κ1) is 30.1. The maximum Gasteiger partial charge on any atom is 0.509 e. The highest BCUT2D eigenvalue weighted by atomic mass is 32.2. The second kappa shape index (κ2) is 13.8. The zero-order valence-corrected chi connectivity index (χ0v) is 25.5. The lowest BCUT2D eigenvalue weighted by Crippen LogP contribution is -2.49. The predicted molar refractivity (Wildman–Crippen MR) is 173 cm³/mol. The minimum Gasteiger partial charge on any atom is -0.433 e. The Kier molecular flexibility index (Phi) is 9.21. The van der Waals surface area contributed by atoms with E-state index in [1.54, 1.807) is 30.0 Å². The maximum atomic E-state index is 13.7. The number of ether oxygens (including phenoxy) is 2. The number of thioether (sulfide) groups is 1. The molecule has 0 fully saturated rings. The summed E-state index contributed by atoms with van der Waals surface area (Å²) in [4.78, 5) is 40.5. The number of carbonyl (C=O) groups excluding carboxylic acids is 3. The van der Waals surface area contributed by atoms with Crippen LogP contribution in [0.2, 0.25) is 0 Å². The summed E-state index contributed by atoms with van der Waals surface area (Å²) in [6.07, 6.45) is 0.185. The lowest BCUT2D eigenvalue weighted by Gasteiger charge is -2.22. The molecule has 228 valence electrons. The molecular weight excluding hydrogens is 588 g/mol. The van der Waals surface area contributed by atoms with Crippen molar-refractivity contribution in [3.05, 3.63) is 120 Å². The van der Waals surface area contributed by atoms with E-state index in [-0.39, 0.29) is 18.9 Å². The molecule has 1 aliphatic rings. The van der Waals surface area contributed by atoms with E-state index in [4.69, 9.17) is 9.47 Å². The molecule has 1 amide bonds. The van der Waals surface area contributed by atoms with Crippen LogP contribution in [0.3, 0.4) is 0 Å². The summed E-state index contributed by atoms with van der Waals surface area (Å²) >= 11 is 1.55. The van der Waals surface area contributed by atoms with Crippen LogP contribution < -0.4 is 5.32 Å². The van der Waals surface area contributed by atoms with E-state index in [1.807, 2.05) is 79.1 Å². The van der Waals surface area contributed by atoms with Crippen LogP contribution in [-0.2, 0) is 20.7 Å². The number of hydrogen-bond donors (Lipinski definition) is 1. The van der Waals surface area contributed by atoms with Crippen molar-refractivity contribution >= 4 is 40.8 Å². The lowest BCUT2D eigenvalue weighted by molar-refractivity contribution is -0.131. The van der Waals surface area contributed by atoms with Gasteiger partial charge in [-0.2, -0.15) is 16.4 Å². The molecule has 0 spiro atoms. The summed E-state index contributed by atoms with van der Waals surface area (Å²) < 4.78 is 12.5. The Morgan fingerprint density at radius 3 is 2.22 bits per heavy atom. The van der Waals surface area contributed by atoms with Crippen LogP contribution in [0, 0.1) is 0 Å². The average Bonchev–Trinajstić information content (AvgIpc) is 3.65. The highest BCUT2D eigenvalue weighted by Crippen LogP contribution is 2.44. The Morgan fingerprint density at radius 1 is 0.867 bits per heavy atom. The number of benzene rings is 4. The highest BCUT2D eigenvalue weighted by Gasteiger charge is 2.32. The number of amides is 1. The third-order valence-corrected chi connectivity index (χ3v) is 8.56. The van der Waals surface area contributed by atoms with Gasteiger partial charge in [0.2, 0.25) is 0 Å². The molecule has 0 saturated heterocycles. The number of para-hydroxylation sites is 1. The zero-order chi connectivity index (χ0) is 31.2. The average molecular weight is 621 g/mol. The summed E-state index contributed by atoms with van der Waals surface area (Å²) in [5.41, 5.74) is 6.26. The topological polar surface area (TPSA) is 112 Å². The molecule has 1 aliphatic carbocycles. The first-order valence-corrected chi connectivity index (χ1v) is 16.1. The second-order valence-electron chi connectivity index (χ2n) is 10.8. The van der Waals surface area contributed by atoms with Crippen molar-refractivity contribution in [2.45, 2.75) is 30.9 Å². The summed E-state index contributed by atoms with van der Waals surface area (Å²) in [6.45, 7) is 0.0563. The summed E-state index contributed by atoms with van der Waals surface area (Å²) in [6, 6.07) is 31.5. The Balaban J connectivity index is 1.18. The minimum absolute atomic E-state index is 0.0563. The van der Waals surface area contributed by atoms with Crippen molar-refractivity contribution in [1.82, 2.24) is 20.3 Å². The SMILES string of the molecule is CSCC[C@H](NC(=O)[C@H](Cc1ccccc1)OC(=O)OCC1c2ccccc2-c2ccccc21)C(=O)n1nnc2ccccc21. The maximum absolute atomic E-state index is 13.7. The van der Waals surface area contributed by atoms with Gasteiger partial charge in [-0.05, 0) is 58.4 Å². The Morgan fingerprint density at radius 2 is 1.51 bits per heavy atom. The molecule has 0 radical (unpaired) electrons.